The molecule has 0 aliphatic rings. The molecule has 5 nitrogen and oxygen atoms in total. The third-order valence-corrected chi connectivity index (χ3v) is 2.88. The summed E-state index contributed by atoms with van der Waals surface area (Å²) >= 11 is 0. The largest absolute Gasteiger partial charge is 0.411 e. The zero-order valence-electron chi connectivity index (χ0n) is 11.3. The number of benzene rings is 1. The van der Waals surface area contributed by atoms with Crippen molar-refractivity contribution < 1.29 is 10.0 Å². The normalized spacial score (nSPS) is 11.2. The fourth-order valence-corrected chi connectivity index (χ4v) is 1.66. The average molecular weight is 269 g/mol. The number of aryl methyl sites for hydroxylation is 1. The molecule has 0 spiro atoms. The summed E-state index contributed by atoms with van der Waals surface area (Å²) in [7, 11) is 0. The van der Waals surface area contributed by atoms with E-state index in [1.807, 2.05) is 6.92 Å². The van der Waals surface area contributed by atoms with Crippen LogP contribution in [0, 0.1) is 6.92 Å². The minimum atomic E-state index is -0.210. The number of nitrogens with zero attached hydrogens (tertiary/aromatic N) is 2. The van der Waals surface area contributed by atoms with E-state index in [-0.39, 0.29) is 5.91 Å². The number of amides is 1. The van der Waals surface area contributed by atoms with Crippen molar-refractivity contribution >= 4 is 17.3 Å². The van der Waals surface area contributed by atoms with Crippen LogP contribution in [0.1, 0.15) is 28.5 Å². The molecule has 0 saturated heterocycles. The summed E-state index contributed by atoms with van der Waals surface area (Å²) in [5.74, 6) is -0.210. The third kappa shape index (κ3) is 3.20. The molecule has 102 valence electrons. The van der Waals surface area contributed by atoms with Gasteiger partial charge in [-0.15, -0.1) is 0 Å². The van der Waals surface area contributed by atoms with Gasteiger partial charge in [0.15, 0.2) is 0 Å². The highest BCUT2D eigenvalue weighted by Gasteiger charge is 2.06. The van der Waals surface area contributed by atoms with Crippen molar-refractivity contribution in [1.29, 1.82) is 0 Å². The molecule has 5 heteroatoms. The number of anilines is 1. The van der Waals surface area contributed by atoms with E-state index in [0.717, 1.165) is 11.3 Å². The summed E-state index contributed by atoms with van der Waals surface area (Å²) in [6.07, 6.45) is 1.54. The van der Waals surface area contributed by atoms with Crippen LogP contribution in [0.5, 0.6) is 0 Å². The van der Waals surface area contributed by atoms with Gasteiger partial charge in [-0.2, -0.15) is 0 Å². The van der Waals surface area contributed by atoms with Crippen LogP contribution in [-0.4, -0.2) is 21.8 Å². The number of carbonyl (C=O) groups excluding carboxylic acids is 1. The van der Waals surface area contributed by atoms with Gasteiger partial charge in [0.1, 0.15) is 0 Å². The second kappa shape index (κ2) is 5.97. The molecule has 0 saturated carbocycles. The van der Waals surface area contributed by atoms with Gasteiger partial charge < -0.3 is 10.5 Å². The average Bonchev–Trinajstić information content (AvgIpc) is 2.48. The summed E-state index contributed by atoms with van der Waals surface area (Å²) in [5, 5.41) is 14.6. The van der Waals surface area contributed by atoms with E-state index in [1.54, 1.807) is 49.5 Å². The van der Waals surface area contributed by atoms with Crippen LogP contribution in [0.3, 0.4) is 0 Å². The second-order valence-corrected chi connectivity index (χ2v) is 4.41. The molecule has 0 bridgehead atoms. The van der Waals surface area contributed by atoms with E-state index >= 15 is 0 Å². The number of oxime groups is 1. The maximum atomic E-state index is 12.0. The van der Waals surface area contributed by atoms with Crippen molar-refractivity contribution in [3.63, 3.8) is 0 Å². The Morgan fingerprint density at radius 1 is 1.15 bits per heavy atom. The summed E-state index contributed by atoms with van der Waals surface area (Å²) in [6, 6.07) is 10.6. The van der Waals surface area contributed by atoms with Crippen molar-refractivity contribution in [3.8, 4) is 0 Å². The standard InChI is InChI=1S/C15H15N3O2/c1-10-3-4-13(9-16-10)15(19)17-14-7-5-12(6-8-14)11(2)18-20/h3-9,20H,1-2H3,(H,17,19)/b18-11+. The predicted octanol–water partition coefficient (Wildman–Crippen LogP) is 2.84. The highest BCUT2D eigenvalue weighted by Crippen LogP contribution is 2.12. The zero-order valence-corrected chi connectivity index (χ0v) is 11.3. The van der Waals surface area contributed by atoms with Crippen LogP contribution in [0.4, 0.5) is 5.69 Å². The smallest absolute Gasteiger partial charge is 0.257 e. The predicted molar refractivity (Wildman–Crippen MR) is 77.4 cm³/mol. The molecule has 2 N–H and O–H groups in total. The number of carbonyl (C=O) groups is 1. The first-order chi connectivity index (χ1) is 9.60. The van der Waals surface area contributed by atoms with Crippen LogP contribution < -0.4 is 5.32 Å². The highest BCUT2D eigenvalue weighted by atomic mass is 16.4. The van der Waals surface area contributed by atoms with E-state index in [1.165, 1.54) is 0 Å². The molecule has 20 heavy (non-hydrogen) atoms. The molecule has 1 heterocycles. The Labute approximate surface area is 117 Å². The lowest BCUT2D eigenvalue weighted by Gasteiger charge is -2.06. The Morgan fingerprint density at radius 2 is 1.80 bits per heavy atom. The second-order valence-electron chi connectivity index (χ2n) is 4.41. The Kier molecular flexibility index (Phi) is 4.10. The number of pyridine rings is 1. The Morgan fingerprint density at radius 3 is 2.35 bits per heavy atom. The Balaban J connectivity index is 2.10. The first kappa shape index (κ1) is 13.7. The fourth-order valence-electron chi connectivity index (χ4n) is 1.66. The Hall–Kier alpha value is -2.69. The minimum absolute atomic E-state index is 0.210. The maximum Gasteiger partial charge on any atom is 0.257 e. The molecule has 0 unspecified atom stereocenters. The number of aromatic nitrogens is 1. The van der Waals surface area contributed by atoms with Gasteiger partial charge in [0.2, 0.25) is 0 Å². The van der Waals surface area contributed by atoms with Crippen molar-refractivity contribution in [2.45, 2.75) is 13.8 Å². The quantitative estimate of drug-likeness (QED) is 0.511. The molecule has 2 rings (SSSR count). The van der Waals surface area contributed by atoms with Crippen molar-refractivity contribution in [2.75, 3.05) is 5.32 Å². The zero-order chi connectivity index (χ0) is 14.5. The van der Waals surface area contributed by atoms with Crippen molar-refractivity contribution in [3.05, 3.63) is 59.4 Å². The molecule has 0 aliphatic heterocycles. The first-order valence-electron chi connectivity index (χ1n) is 6.13. The number of rotatable bonds is 3. The van der Waals surface area contributed by atoms with Crippen LogP contribution in [-0.2, 0) is 0 Å². The van der Waals surface area contributed by atoms with Crippen molar-refractivity contribution in [1.82, 2.24) is 4.98 Å². The third-order valence-electron chi connectivity index (χ3n) is 2.88. The molecule has 1 aromatic carbocycles. The lowest BCUT2D eigenvalue weighted by atomic mass is 10.1. The van der Waals surface area contributed by atoms with Gasteiger partial charge in [-0.05, 0) is 43.7 Å². The van der Waals surface area contributed by atoms with E-state index < -0.39 is 0 Å². The van der Waals surface area contributed by atoms with Crippen molar-refractivity contribution in [2.24, 2.45) is 5.16 Å². The summed E-state index contributed by atoms with van der Waals surface area (Å²) in [5.41, 5.74) is 3.36. The van der Waals surface area contributed by atoms with E-state index in [9.17, 15) is 4.79 Å². The van der Waals surface area contributed by atoms with E-state index in [4.69, 9.17) is 5.21 Å². The summed E-state index contributed by atoms with van der Waals surface area (Å²) in [4.78, 5) is 16.1. The van der Waals surface area contributed by atoms with Gasteiger partial charge in [-0.25, -0.2) is 0 Å². The fraction of sp³-hybridized carbons (Fsp3) is 0.133. The van der Waals surface area contributed by atoms with Gasteiger partial charge in [0.05, 0.1) is 11.3 Å². The SMILES string of the molecule is C/C(=N\O)c1ccc(NC(=O)c2ccc(C)nc2)cc1. The van der Waals surface area contributed by atoms with Crippen LogP contribution in [0.25, 0.3) is 0 Å². The molecular weight excluding hydrogens is 254 g/mol. The number of hydrogen-bond acceptors (Lipinski definition) is 4. The van der Waals surface area contributed by atoms with E-state index in [2.05, 4.69) is 15.5 Å². The summed E-state index contributed by atoms with van der Waals surface area (Å²) in [6.45, 7) is 3.57. The first-order valence-corrected chi connectivity index (χ1v) is 6.13. The van der Waals surface area contributed by atoms with Gasteiger partial charge in [-0.3, -0.25) is 9.78 Å². The molecule has 0 fully saturated rings. The lowest BCUT2D eigenvalue weighted by molar-refractivity contribution is 0.102. The van der Waals surface area contributed by atoms with E-state index in [0.29, 0.717) is 17.0 Å². The molecule has 1 amide bonds. The van der Waals surface area contributed by atoms with Gasteiger partial charge >= 0.3 is 0 Å². The van der Waals surface area contributed by atoms with Crippen LogP contribution in [0.15, 0.2) is 47.8 Å². The molecule has 0 aliphatic carbocycles. The highest BCUT2D eigenvalue weighted by molar-refractivity contribution is 6.04. The monoisotopic (exact) mass is 269 g/mol. The summed E-state index contributed by atoms with van der Waals surface area (Å²) < 4.78 is 0. The van der Waals surface area contributed by atoms with Crippen LogP contribution in [0.2, 0.25) is 0 Å². The lowest BCUT2D eigenvalue weighted by Crippen LogP contribution is -2.12. The van der Waals surface area contributed by atoms with Gasteiger partial charge in [-0.1, -0.05) is 17.3 Å². The molecule has 0 radical (unpaired) electrons. The molecular formula is C15H15N3O2. The van der Waals surface area contributed by atoms with Gasteiger partial charge in [0, 0.05) is 17.6 Å². The molecule has 2 aromatic rings. The Bertz CT molecular complexity index is 631. The molecule has 1 aromatic heterocycles. The maximum absolute atomic E-state index is 12.0. The minimum Gasteiger partial charge on any atom is -0.411 e. The number of hydrogen-bond donors (Lipinski definition) is 2. The molecule has 0 atom stereocenters. The van der Waals surface area contributed by atoms with Crippen LogP contribution >= 0.6 is 0 Å². The number of nitrogens with one attached hydrogen (secondary N) is 1. The topological polar surface area (TPSA) is 74.6 Å². The van der Waals surface area contributed by atoms with Gasteiger partial charge in [0.25, 0.3) is 5.91 Å².